The van der Waals surface area contributed by atoms with Gasteiger partial charge in [-0.2, -0.15) is 0 Å². The topological polar surface area (TPSA) is 88.5 Å². The van der Waals surface area contributed by atoms with E-state index >= 15 is 0 Å². The van der Waals surface area contributed by atoms with Crippen LogP contribution in [0.3, 0.4) is 0 Å². The summed E-state index contributed by atoms with van der Waals surface area (Å²) >= 11 is 0. The Bertz CT molecular complexity index is 765. The second-order valence-corrected chi connectivity index (χ2v) is 13.9. The number of carboxylic acids is 1. The van der Waals surface area contributed by atoms with Crippen molar-refractivity contribution in [1.29, 1.82) is 0 Å². The number of carbonyl (C=O) groups is 4. The largest absolute Gasteiger partial charge is 0.478 e. The SMILES string of the molecule is C=C(C(=O)O)C(C(=O)C1CCCCCCCCC1)(C(=O)C1CCCCCCCCC1)C(=O)C1CCCCCCCCC1. The minimum absolute atomic E-state index is 0.417. The molecule has 0 aromatic heterocycles. The van der Waals surface area contributed by atoms with Crippen molar-refractivity contribution in [1.82, 2.24) is 0 Å². The van der Waals surface area contributed by atoms with Gasteiger partial charge in [-0.05, 0) is 38.5 Å². The van der Waals surface area contributed by atoms with E-state index in [0.717, 1.165) is 116 Å². The molecule has 0 spiro atoms. The molecule has 0 atom stereocenters. The standard InChI is InChI=1S/C37H60O5/c1-29(36(41)42)37(33(38)30-23-17-11-5-2-6-12-18-24-30,34(39)31-25-19-13-7-3-8-14-20-26-31)35(40)32-27-21-15-9-4-10-16-22-28-32/h30-32H,1-28H2,(H,41,42). The maximum Gasteiger partial charge on any atom is 0.332 e. The lowest BCUT2D eigenvalue weighted by atomic mass is 9.59. The van der Waals surface area contributed by atoms with E-state index in [4.69, 9.17) is 0 Å². The van der Waals surface area contributed by atoms with E-state index in [-0.39, 0.29) is 0 Å². The number of carbonyl (C=O) groups excluding carboxylic acids is 3. The Morgan fingerprint density at radius 1 is 0.405 bits per heavy atom. The summed E-state index contributed by atoms with van der Waals surface area (Å²) in [6.07, 6.45) is 25.6. The van der Waals surface area contributed by atoms with Crippen molar-refractivity contribution in [3.63, 3.8) is 0 Å². The van der Waals surface area contributed by atoms with Crippen LogP contribution in [0.15, 0.2) is 12.2 Å². The van der Waals surface area contributed by atoms with Gasteiger partial charge < -0.3 is 5.11 Å². The number of hydrogen-bond acceptors (Lipinski definition) is 4. The first-order valence-electron chi connectivity index (χ1n) is 18.0. The van der Waals surface area contributed by atoms with E-state index in [1.807, 2.05) is 0 Å². The monoisotopic (exact) mass is 584 g/mol. The van der Waals surface area contributed by atoms with Crippen LogP contribution in [0.5, 0.6) is 0 Å². The van der Waals surface area contributed by atoms with Gasteiger partial charge in [-0.3, -0.25) is 14.4 Å². The molecule has 0 aromatic carbocycles. The zero-order chi connectivity index (χ0) is 30.2. The van der Waals surface area contributed by atoms with Gasteiger partial charge in [0.25, 0.3) is 0 Å². The van der Waals surface area contributed by atoms with Crippen LogP contribution in [-0.2, 0) is 19.2 Å². The number of rotatable bonds is 8. The third kappa shape index (κ3) is 9.61. The summed E-state index contributed by atoms with van der Waals surface area (Å²) in [5.41, 5.74) is -2.71. The molecule has 0 unspecified atom stereocenters. The Kier molecular flexibility index (Phi) is 15.5. The quantitative estimate of drug-likeness (QED) is 0.227. The van der Waals surface area contributed by atoms with E-state index in [1.54, 1.807) is 0 Å². The van der Waals surface area contributed by atoms with Crippen molar-refractivity contribution in [2.75, 3.05) is 0 Å². The predicted molar refractivity (Wildman–Crippen MR) is 169 cm³/mol. The highest BCUT2D eigenvalue weighted by Gasteiger charge is 2.59. The highest BCUT2D eigenvalue weighted by Crippen LogP contribution is 2.44. The average Bonchev–Trinajstić information content (AvgIpc) is 3.00. The highest BCUT2D eigenvalue weighted by atomic mass is 16.4. The second kappa shape index (κ2) is 18.8. The highest BCUT2D eigenvalue weighted by molar-refractivity contribution is 6.31. The van der Waals surface area contributed by atoms with E-state index in [9.17, 15) is 24.3 Å². The van der Waals surface area contributed by atoms with Gasteiger partial charge >= 0.3 is 5.97 Å². The maximum atomic E-state index is 15.0. The lowest BCUT2D eigenvalue weighted by Gasteiger charge is -2.38. The van der Waals surface area contributed by atoms with Crippen molar-refractivity contribution < 1.29 is 24.3 Å². The fourth-order valence-electron chi connectivity index (χ4n) is 8.11. The van der Waals surface area contributed by atoms with Gasteiger partial charge in [-0.15, -0.1) is 0 Å². The van der Waals surface area contributed by atoms with Crippen LogP contribution in [0.2, 0.25) is 0 Å². The molecule has 238 valence electrons. The molecule has 3 rings (SSSR count). The first-order chi connectivity index (χ1) is 20.4. The maximum absolute atomic E-state index is 15.0. The molecular weight excluding hydrogens is 524 g/mol. The van der Waals surface area contributed by atoms with Crippen LogP contribution in [0.1, 0.15) is 173 Å². The summed E-state index contributed by atoms with van der Waals surface area (Å²) in [5, 5.41) is 10.5. The van der Waals surface area contributed by atoms with Gasteiger partial charge in [0, 0.05) is 17.8 Å². The molecule has 1 N–H and O–H groups in total. The van der Waals surface area contributed by atoms with Crippen molar-refractivity contribution in [3.8, 4) is 0 Å². The van der Waals surface area contributed by atoms with Gasteiger partial charge in [0.15, 0.2) is 22.8 Å². The Balaban J connectivity index is 2.09. The molecule has 0 heterocycles. The van der Waals surface area contributed by atoms with Crippen LogP contribution in [0, 0.1) is 23.2 Å². The molecule has 3 aliphatic carbocycles. The van der Waals surface area contributed by atoms with Crippen molar-refractivity contribution >= 4 is 23.3 Å². The third-order valence-corrected chi connectivity index (χ3v) is 10.7. The van der Waals surface area contributed by atoms with Crippen molar-refractivity contribution in [2.45, 2.75) is 173 Å². The summed E-state index contributed by atoms with van der Waals surface area (Å²) in [5.74, 6) is -4.02. The first-order valence-corrected chi connectivity index (χ1v) is 18.0. The van der Waals surface area contributed by atoms with Gasteiger partial charge in [0.1, 0.15) is 0 Å². The molecule has 0 aromatic rings. The molecule has 0 amide bonds. The van der Waals surface area contributed by atoms with E-state index < -0.39 is 52.1 Å². The van der Waals surface area contributed by atoms with Crippen molar-refractivity contribution in [2.24, 2.45) is 23.2 Å². The summed E-state index contributed by atoms with van der Waals surface area (Å²) in [6.45, 7) is 3.94. The number of Topliss-reactive ketones (excluding diaryl/α,β-unsaturated/α-hetero) is 3. The minimum Gasteiger partial charge on any atom is -0.478 e. The lowest BCUT2D eigenvalue weighted by Crippen LogP contribution is -2.56. The van der Waals surface area contributed by atoms with E-state index in [1.165, 1.54) is 19.3 Å². The van der Waals surface area contributed by atoms with E-state index in [0.29, 0.717) is 38.5 Å². The summed E-state index contributed by atoms with van der Waals surface area (Å²) in [7, 11) is 0. The van der Waals surface area contributed by atoms with Gasteiger partial charge in [-0.25, -0.2) is 4.79 Å². The van der Waals surface area contributed by atoms with Crippen molar-refractivity contribution in [3.05, 3.63) is 12.2 Å². The predicted octanol–water partition coefficient (Wildman–Crippen LogP) is 9.74. The lowest BCUT2D eigenvalue weighted by molar-refractivity contribution is -0.156. The second-order valence-electron chi connectivity index (χ2n) is 13.9. The molecule has 42 heavy (non-hydrogen) atoms. The molecule has 3 fully saturated rings. The molecule has 0 aliphatic heterocycles. The zero-order valence-corrected chi connectivity index (χ0v) is 26.6. The van der Waals surface area contributed by atoms with Crippen LogP contribution < -0.4 is 0 Å². The number of ketones is 3. The van der Waals surface area contributed by atoms with Crippen LogP contribution in [-0.4, -0.2) is 28.4 Å². The van der Waals surface area contributed by atoms with Gasteiger partial charge in [0.2, 0.25) is 0 Å². The summed E-state index contributed by atoms with van der Waals surface area (Å²) in [4.78, 5) is 57.8. The Morgan fingerprint density at radius 3 is 0.786 bits per heavy atom. The number of carboxylic acid groups (broad SMARTS) is 1. The molecule has 0 radical (unpaired) electrons. The van der Waals surface area contributed by atoms with E-state index in [2.05, 4.69) is 6.58 Å². The van der Waals surface area contributed by atoms with Crippen LogP contribution in [0.4, 0.5) is 0 Å². The van der Waals surface area contributed by atoms with Crippen LogP contribution in [0.25, 0.3) is 0 Å². The number of hydrogen-bond donors (Lipinski definition) is 1. The summed E-state index contributed by atoms with van der Waals surface area (Å²) in [6, 6.07) is 0. The fraction of sp³-hybridized carbons (Fsp3) is 0.838. The first kappa shape index (κ1) is 34.7. The summed E-state index contributed by atoms with van der Waals surface area (Å²) < 4.78 is 0. The molecule has 0 bridgehead atoms. The van der Waals surface area contributed by atoms with Crippen LogP contribution >= 0.6 is 0 Å². The average molecular weight is 585 g/mol. The third-order valence-electron chi connectivity index (χ3n) is 10.7. The fourth-order valence-corrected chi connectivity index (χ4v) is 8.11. The Morgan fingerprint density at radius 2 is 0.595 bits per heavy atom. The smallest absolute Gasteiger partial charge is 0.332 e. The molecule has 5 heteroatoms. The molecule has 0 saturated heterocycles. The Labute approximate surface area is 256 Å². The minimum atomic E-state index is -2.25. The van der Waals surface area contributed by atoms with Gasteiger partial charge in [0.05, 0.1) is 5.57 Å². The van der Waals surface area contributed by atoms with Gasteiger partial charge in [-0.1, -0.05) is 141 Å². The molecular formula is C37H60O5. The zero-order valence-electron chi connectivity index (χ0n) is 26.6. The number of aliphatic carboxylic acids is 1. The molecule has 3 saturated carbocycles. The molecule has 5 nitrogen and oxygen atoms in total. The Hall–Kier alpha value is -1.78. The molecule has 3 aliphatic rings. The normalized spacial score (nSPS) is 22.9.